The lowest BCUT2D eigenvalue weighted by molar-refractivity contribution is -0.275. The molecule has 0 saturated heterocycles. The van der Waals surface area contributed by atoms with Crippen LogP contribution in [0.2, 0.25) is 0 Å². The van der Waals surface area contributed by atoms with E-state index in [1.165, 1.54) is 13.0 Å². The summed E-state index contributed by atoms with van der Waals surface area (Å²) in [6.07, 6.45) is -5.23. The lowest BCUT2D eigenvalue weighted by Gasteiger charge is -2.15. The zero-order valence-electron chi connectivity index (χ0n) is 9.41. The molecule has 0 unspecified atom stereocenters. The zero-order valence-corrected chi connectivity index (χ0v) is 9.41. The van der Waals surface area contributed by atoms with Crippen LogP contribution in [0.5, 0.6) is 5.75 Å². The van der Waals surface area contributed by atoms with Crippen LogP contribution in [-0.4, -0.2) is 22.4 Å². The zero-order chi connectivity index (χ0) is 13.9. The second-order valence-electron chi connectivity index (χ2n) is 3.53. The third-order valence-electron chi connectivity index (χ3n) is 2.03. The molecule has 0 amide bonds. The first-order valence-electron chi connectivity index (χ1n) is 4.90. The average Bonchev–Trinajstić information content (AvgIpc) is 2.19. The summed E-state index contributed by atoms with van der Waals surface area (Å²) in [4.78, 5) is 14.3. The first kappa shape index (κ1) is 14.2. The number of aryl methyl sites for hydroxylation is 1. The molecular formula is C10H11F3N2O3. The van der Waals surface area contributed by atoms with Crippen molar-refractivity contribution in [1.82, 2.24) is 4.98 Å². The van der Waals surface area contributed by atoms with Gasteiger partial charge in [0.25, 0.3) is 0 Å². The van der Waals surface area contributed by atoms with E-state index in [0.717, 1.165) is 0 Å². The number of hydrogen-bond donors (Lipinski definition) is 2. The molecule has 1 rings (SSSR count). The number of carboxylic acids is 1. The van der Waals surface area contributed by atoms with Crippen LogP contribution >= 0.6 is 0 Å². The maximum absolute atomic E-state index is 12.2. The normalized spacial score (nSPS) is 11.4. The van der Waals surface area contributed by atoms with E-state index in [2.05, 4.69) is 9.72 Å². The Labute approximate surface area is 100 Å². The molecule has 8 heteroatoms. The van der Waals surface area contributed by atoms with E-state index in [0.29, 0.717) is 0 Å². The largest absolute Gasteiger partial charge is 0.573 e. The molecule has 1 aromatic heterocycles. The smallest absolute Gasteiger partial charge is 0.481 e. The number of aromatic nitrogens is 1. The van der Waals surface area contributed by atoms with Crippen molar-refractivity contribution in [2.45, 2.75) is 26.3 Å². The number of hydrogen-bond acceptors (Lipinski definition) is 4. The maximum Gasteiger partial charge on any atom is 0.573 e. The van der Waals surface area contributed by atoms with Crippen LogP contribution in [-0.2, 0) is 17.8 Å². The molecule has 0 aliphatic carbocycles. The van der Waals surface area contributed by atoms with Crippen LogP contribution in [0.4, 0.5) is 13.2 Å². The molecule has 0 atom stereocenters. The van der Waals surface area contributed by atoms with Gasteiger partial charge in [-0.25, -0.2) is 0 Å². The highest BCUT2D eigenvalue weighted by Gasteiger charge is 2.33. The monoisotopic (exact) mass is 264 g/mol. The van der Waals surface area contributed by atoms with Crippen molar-refractivity contribution in [3.63, 3.8) is 0 Å². The Hall–Kier alpha value is -1.83. The Morgan fingerprint density at radius 1 is 1.56 bits per heavy atom. The van der Waals surface area contributed by atoms with E-state index >= 15 is 0 Å². The Bertz CT molecular complexity index is 460. The van der Waals surface area contributed by atoms with Crippen molar-refractivity contribution < 1.29 is 27.8 Å². The molecule has 1 heterocycles. The van der Waals surface area contributed by atoms with Gasteiger partial charge in [-0.3, -0.25) is 9.78 Å². The van der Waals surface area contributed by atoms with E-state index in [1.54, 1.807) is 0 Å². The van der Waals surface area contributed by atoms with Gasteiger partial charge in [-0.05, 0) is 18.6 Å². The van der Waals surface area contributed by atoms with Crippen LogP contribution < -0.4 is 10.5 Å². The number of ether oxygens (including phenoxy) is 1. The van der Waals surface area contributed by atoms with Crippen LogP contribution in [0.25, 0.3) is 0 Å². The second-order valence-corrected chi connectivity index (χ2v) is 3.53. The first-order chi connectivity index (χ1) is 8.23. The topological polar surface area (TPSA) is 85.4 Å². The van der Waals surface area contributed by atoms with Gasteiger partial charge in [-0.2, -0.15) is 0 Å². The van der Waals surface area contributed by atoms with Crippen molar-refractivity contribution in [3.8, 4) is 5.75 Å². The molecule has 18 heavy (non-hydrogen) atoms. The summed E-state index contributed by atoms with van der Waals surface area (Å²) in [6.45, 7) is 1.09. The minimum atomic E-state index is -4.84. The van der Waals surface area contributed by atoms with Gasteiger partial charge in [0, 0.05) is 6.54 Å². The van der Waals surface area contributed by atoms with Gasteiger partial charge in [0.05, 0.1) is 17.8 Å². The van der Waals surface area contributed by atoms with Gasteiger partial charge >= 0.3 is 12.3 Å². The van der Waals surface area contributed by atoms with Gasteiger partial charge in [-0.15, -0.1) is 13.2 Å². The van der Waals surface area contributed by atoms with Crippen LogP contribution in [0, 0.1) is 6.92 Å². The minimum absolute atomic E-state index is 0.122. The van der Waals surface area contributed by atoms with Crippen molar-refractivity contribution in [3.05, 3.63) is 23.0 Å². The van der Waals surface area contributed by atoms with E-state index in [9.17, 15) is 18.0 Å². The first-order valence-corrected chi connectivity index (χ1v) is 4.90. The highest BCUT2D eigenvalue weighted by atomic mass is 19.4. The number of alkyl halides is 3. The summed E-state index contributed by atoms with van der Waals surface area (Å²) < 4.78 is 40.3. The van der Waals surface area contributed by atoms with Crippen LogP contribution in [0.1, 0.15) is 17.0 Å². The number of carbonyl (C=O) groups is 1. The fourth-order valence-corrected chi connectivity index (χ4v) is 1.44. The number of nitrogens with two attached hydrogens (primary N) is 1. The molecule has 0 fully saturated rings. The maximum atomic E-state index is 12.2. The number of aliphatic carboxylic acids is 1. The quantitative estimate of drug-likeness (QED) is 0.857. The van der Waals surface area contributed by atoms with E-state index in [-0.39, 0.29) is 29.9 Å². The summed E-state index contributed by atoms with van der Waals surface area (Å²) in [7, 11) is 0. The summed E-state index contributed by atoms with van der Waals surface area (Å²) in [5.74, 6) is -1.60. The van der Waals surface area contributed by atoms with Gasteiger partial charge in [-0.1, -0.05) is 0 Å². The fraction of sp³-hybridized carbons (Fsp3) is 0.400. The molecule has 0 saturated carbocycles. The third kappa shape index (κ3) is 3.88. The van der Waals surface area contributed by atoms with Crippen LogP contribution in [0.15, 0.2) is 6.07 Å². The fourth-order valence-electron chi connectivity index (χ4n) is 1.44. The molecule has 0 radical (unpaired) electrons. The summed E-state index contributed by atoms with van der Waals surface area (Å²) >= 11 is 0. The predicted octanol–water partition coefficient (Wildman–Crippen LogP) is 1.37. The standard InChI is InChI=1S/C10H11F3N2O3/c1-5-2-6(3-8(16)17)15-7(4-14)9(5)18-10(11,12)13/h2H,3-4,14H2,1H3,(H,16,17). The lowest BCUT2D eigenvalue weighted by atomic mass is 10.1. The number of carboxylic acid groups (broad SMARTS) is 1. The number of nitrogens with zero attached hydrogens (tertiary/aromatic N) is 1. The molecule has 0 aliphatic rings. The molecule has 5 nitrogen and oxygen atoms in total. The molecule has 1 aromatic rings. The van der Waals surface area contributed by atoms with Gasteiger partial charge in [0.15, 0.2) is 5.75 Å². The number of rotatable bonds is 4. The van der Waals surface area contributed by atoms with Crippen molar-refractivity contribution in [2.24, 2.45) is 5.73 Å². The predicted molar refractivity (Wildman–Crippen MR) is 54.9 cm³/mol. The Morgan fingerprint density at radius 3 is 2.61 bits per heavy atom. The Morgan fingerprint density at radius 2 is 2.17 bits per heavy atom. The highest BCUT2D eigenvalue weighted by Crippen LogP contribution is 2.29. The van der Waals surface area contributed by atoms with Crippen molar-refractivity contribution >= 4 is 5.97 Å². The van der Waals surface area contributed by atoms with E-state index in [4.69, 9.17) is 10.8 Å². The van der Waals surface area contributed by atoms with Gasteiger partial charge < -0.3 is 15.6 Å². The van der Waals surface area contributed by atoms with Gasteiger partial charge in [0.2, 0.25) is 0 Å². The molecule has 3 N–H and O–H groups in total. The summed E-state index contributed by atoms with van der Waals surface area (Å²) in [6, 6.07) is 1.23. The Kier molecular flexibility index (Phi) is 4.12. The Balaban J connectivity index is 3.15. The van der Waals surface area contributed by atoms with E-state index in [1.807, 2.05) is 0 Å². The molecule has 0 aromatic carbocycles. The lowest BCUT2D eigenvalue weighted by Crippen LogP contribution is -2.20. The SMILES string of the molecule is Cc1cc(CC(=O)O)nc(CN)c1OC(F)(F)F. The minimum Gasteiger partial charge on any atom is -0.481 e. The molecular weight excluding hydrogens is 253 g/mol. The molecule has 0 spiro atoms. The summed E-state index contributed by atoms with van der Waals surface area (Å²) in [5, 5.41) is 8.59. The molecule has 0 aliphatic heterocycles. The molecule has 0 bridgehead atoms. The highest BCUT2D eigenvalue weighted by molar-refractivity contribution is 5.69. The molecule has 100 valence electrons. The summed E-state index contributed by atoms with van der Waals surface area (Å²) in [5.41, 5.74) is 5.43. The third-order valence-corrected chi connectivity index (χ3v) is 2.03. The van der Waals surface area contributed by atoms with Crippen molar-refractivity contribution in [1.29, 1.82) is 0 Å². The van der Waals surface area contributed by atoms with Crippen LogP contribution in [0.3, 0.4) is 0 Å². The van der Waals surface area contributed by atoms with E-state index < -0.39 is 18.1 Å². The average molecular weight is 264 g/mol. The second kappa shape index (κ2) is 5.21. The number of pyridine rings is 1. The van der Waals surface area contributed by atoms with Crippen molar-refractivity contribution in [2.75, 3.05) is 0 Å². The number of halogens is 3. The van der Waals surface area contributed by atoms with Gasteiger partial charge in [0.1, 0.15) is 0 Å².